The van der Waals surface area contributed by atoms with E-state index >= 15 is 0 Å². The zero-order valence-corrected chi connectivity index (χ0v) is 28.3. The van der Waals surface area contributed by atoms with E-state index in [2.05, 4.69) is 10.6 Å². The van der Waals surface area contributed by atoms with Crippen LogP contribution in [0.15, 0.2) is 84.9 Å². The number of nitrogens with one attached hydrogen (secondary N) is 2. The van der Waals surface area contributed by atoms with Crippen LogP contribution in [-0.4, -0.2) is 47.1 Å². The summed E-state index contributed by atoms with van der Waals surface area (Å²) in [5.41, 5.74) is 0.541. The third-order valence-electron chi connectivity index (χ3n) is 6.02. The molecule has 0 aliphatic rings. The van der Waals surface area contributed by atoms with Crippen molar-refractivity contribution >= 4 is 23.8 Å². The van der Waals surface area contributed by atoms with Gasteiger partial charge in [0.1, 0.15) is 0 Å². The molecule has 0 aromatic heterocycles. The summed E-state index contributed by atoms with van der Waals surface area (Å²) in [6, 6.07) is 28.6. The van der Waals surface area contributed by atoms with Gasteiger partial charge in [-0.15, -0.1) is 35.4 Å². The molecule has 13 heteroatoms. The molecule has 260 valence electrons. The summed E-state index contributed by atoms with van der Waals surface area (Å²) in [6.07, 6.45) is 1.10. The van der Waals surface area contributed by atoms with Crippen LogP contribution in [0.4, 0.5) is 17.6 Å². The van der Waals surface area contributed by atoms with Gasteiger partial charge in [0.05, 0.1) is 0 Å². The minimum Gasteiger partial charge on any atom is -0.481 e. The van der Waals surface area contributed by atoms with E-state index < -0.39 is 35.2 Å². The molecule has 0 aliphatic carbocycles. The molecule has 0 aliphatic heterocycles. The molecule has 0 fully saturated rings. The van der Waals surface area contributed by atoms with Crippen LogP contribution in [0.25, 0.3) is 0 Å². The zero-order valence-electron chi connectivity index (χ0n) is 26.7. The Hall–Kier alpha value is -4.55. The molecule has 4 N–H and O–H groups in total. The first kappa shape index (κ1) is 44.5. The summed E-state index contributed by atoms with van der Waals surface area (Å²) >= 11 is 0. The number of rotatable bonds is 14. The standard InChI is InChI=1S/2C13H14F2NO3.2C5H5.Ti/c2*14-10-5-4-9(11(15)8-10)6-7-16-12(17)2-1-3-13(18)19;2*1-2-4-5-3-1;/h2*4-5H,1-3,6-7H2,(H,16,17)(H,18,19);2*1-5H;/q4*-1;+4. The molecular formula is C36H38F4N2O6Ti. The van der Waals surface area contributed by atoms with Gasteiger partial charge in [-0.05, 0) is 12.8 Å². The number of carbonyl (C=O) groups is 4. The first-order chi connectivity index (χ1) is 23.0. The molecule has 8 nitrogen and oxygen atoms in total. The number of aliphatic carboxylic acids is 2. The Morgan fingerprint density at radius 1 is 0.592 bits per heavy atom. The SMILES string of the molecule is O=C(O)CCCC(=O)NCCc1ccc(F)[c-]c1F.O=C(O)CCCC(=O)NCCc1ccc(F)[c-]c1F.[Ti+4].c1cc[cH-]c1.c1cc[cH-]c1. The van der Waals surface area contributed by atoms with Gasteiger partial charge in [0.25, 0.3) is 0 Å². The number of carboxylic acids is 2. The molecular weight excluding hydrogens is 680 g/mol. The second-order valence-corrected chi connectivity index (χ2v) is 9.91. The molecule has 0 saturated heterocycles. The van der Waals surface area contributed by atoms with Crippen LogP contribution in [0.3, 0.4) is 0 Å². The predicted molar refractivity (Wildman–Crippen MR) is 171 cm³/mol. The molecule has 4 aromatic rings. The summed E-state index contributed by atoms with van der Waals surface area (Å²) < 4.78 is 51.6. The van der Waals surface area contributed by atoms with Crippen LogP contribution < -0.4 is 10.6 Å². The van der Waals surface area contributed by atoms with Crippen molar-refractivity contribution in [3.63, 3.8) is 0 Å². The van der Waals surface area contributed by atoms with Gasteiger partial charge < -0.3 is 20.8 Å². The van der Waals surface area contributed by atoms with Gasteiger partial charge in [0.2, 0.25) is 11.8 Å². The Morgan fingerprint density at radius 3 is 1.20 bits per heavy atom. The zero-order chi connectivity index (χ0) is 35.6. The molecule has 0 radical (unpaired) electrons. The van der Waals surface area contributed by atoms with Crippen molar-refractivity contribution < 1.29 is 68.7 Å². The molecule has 0 saturated carbocycles. The number of hydrogen-bond acceptors (Lipinski definition) is 4. The maximum absolute atomic E-state index is 13.2. The van der Waals surface area contributed by atoms with Crippen molar-refractivity contribution in [1.82, 2.24) is 10.6 Å². The van der Waals surface area contributed by atoms with Gasteiger partial charge in [-0.25, -0.2) is 41.8 Å². The van der Waals surface area contributed by atoms with E-state index in [1.807, 2.05) is 72.8 Å². The topological polar surface area (TPSA) is 133 Å². The average molecular weight is 719 g/mol. The summed E-state index contributed by atoms with van der Waals surface area (Å²) in [4.78, 5) is 43.1. The average Bonchev–Trinajstić information content (AvgIpc) is 3.80. The maximum atomic E-state index is 13.2. The van der Waals surface area contributed by atoms with E-state index in [9.17, 15) is 36.7 Å². The largest absolute Gasteiger partial charge is 4.00 e. The molecule has 0 unspecified atom stereocenters. The minimum atomic E-state index is -0.947. The maximum Gasteiger partial charge on any atom is 4.00 e. The summed E-state index contributed by atoms with van der Waals surface area (Å²) in [5.74, 6) is -5.52. The molecule has 0 heterocycles. The Bertz CT molecular complexity index is 1340. The number of hydrogen-bond donors (Lipinski definition) is 4. The van der Waals surface area contributed by atoms with Gasteiger partial charge >= 0.3 is 33.7 Å². The first-order valence-electron chi connectivity index (χ1n) is 15.0. The Balaban J connectivity index is 0.000000717. The summed E-state index contributed by atoms with van der Waals surface area (Å²) in [6.45, 7) is 0.421. The smallest absolute Gasteiger partial charge is 0.481 e. The third kappa shape index (κ3) is 24.3. The van der Waals surface area contributed by atoms with E-state index in [4.69, 9.17) is 10.2 Å². The molecule has 0 atom stereocenters. The van der Waals surface area contributed by atoms with Crippen LogP contribution in [0, 0.1) is 35.4 Å². The number of carbonyl (C=O) groups excluding carboxylic acids is 2. The third-order valence-corrected chi connectivity index (χ3v) is 6.02. The van der Waals surface area contributed by atoms with Gasteiger partial charge in [-0.3, -0.25) is 19.2 Å². The van der Waals surface area contributed by atoms with Crippen molar-refractivity contribution in [2.45, 2.75) is 51.4 Å². The van der Waals surface area contributed by atoms with Crippen LogP contribution in [0.2, 0.25) is 0 Å². The van der Waals surface area contributed by atoms with Crippen LogP contribution in [0.1, 0.15) is 49.7 Å². The van der Waals surface area contributed by atoms with Gasteiger partial charge in [-0.1, -0.05) is 12.8 Å². The van der Waals surface area contributed by atoms with Gasteiger partial charge in [-0.2, -0.15) is 48.5 Å². The molecule has 4 aromatic carbocycles. The summed E-state index contributed by atoms with van der Waals surface area (Å²) in [5, 5.41) is 21.9. The second kappa shape index (κ2) is 27.4. The van der Waals surface area contributed by atoms with Crippen LogP contribution in [0.5, 0.6) is 0 Å². The summed E-state index contributed by atoms with van der Waals surface area (Å²) in [7, 11) is 0. The quantitative estimate of drug-likeness (QED) is 0.0702. The van der Waals surface area contributed by atoms with E-state index in [1.165, 1.54) is 12.1 Å². The number of amides is 2. The van der Waals surface area contributed by atoms with E-state index in [-0.39, 0.29) is 109 Å². The van der Waals surface area contributed by atoms with Crippen molar-refractivity contribution in [3.8, 4) is 0 Å². The molecule has 2 amide bonds. The van der Waals surface area contributed by atoms with E-state index in [0.717, 1.165) is 12.1 Å². The predicted octanol–water partition coefficient (Wildman–Crippen LogP) is 6.17. The van der Waals surface area contributed by atoms with E-state index in [1.54, 1.807) is 0 Å². The molecule has 4 rings (SSSR count). The van der Waals surface area contributed by atoms with Crippen molar-refractivity contribution in [3.05, 3.63) is 131 Å². The molecule has 0 spiro atoms. The number of benzene rings is 2. The Morgan fingerprint density at radius 2 is 0.939 bits per heavy atom. The number of carboxylic acid groups (broad SMARTS) is 2. The second-order valence-electron chi connectivity index (χ2n) is 9.91. The normalized spacial score (nSPS) is 9.55. The van der Waals surface area contributed by atoms with Crippen LogP contribution >= 0.6 is 0 Å². The fourth-order valence-electron chi connectivity index (χ4n) is 3.63. The van der Waals surface area contributed by atoms with Gasteiger partial charge in [0, 0.05) is 62.0 Å². The Kier molecular flexibility index (Phi) is 24.9. The van der Waals surface area contributed by atoms with Crippen molar-refractivity contribution in [1.29, 1.82) is 0 Å². The van der Waals surface area contributed by atoms with Crippen molar-refractivity contribution in [2.24, 2.45) is 0 Å². The minimum absolute atomic E-state index is 0. The molecule has 49 heavy (non-hydrogen) atoms. The first-order valence-corrected chi connectivity index (χ1v) is 15.0. The van der Waals surface area contributed by atoms with Crippen LogP contribution in [-0.2, 0) is 53.7 Å². The van der Waals surface area contributed by atoms with Crippen molar-refractivity contribution in [2.75, 3.05) is 13.1 Å². The fraction of sp³-hybridized carbons (Fsp3) is 0.278. The fourth-order valence-corrected chi connectivity index (χ4v) is 3.63. The number of halogens is 4. The molecule has 0 bridgehead atoms. The van der Waals surface area contributed by atoms with E-state index in [0.29, 0.717) is 0 Å². The van der Waals surface area contributed by atoms with Gasteiger partial charge in [0.15, 0.2) is 0 Å². The Labute approximate surface area is 298 Å². The monoisotopic (exact) mass is 718 g/mol.